The van der Waals surface area contributed by atoms with Crippen LogP contribution in [-0.2, 0) is 10.0 Å². The first-order valence-electron chi connectivity index (χ1n) is 6.76. The summed E-state index contributed by atoms with van der Waals surface area (Å²) in [4.78, 5) is 2.04. The summed E-state index contributed by atoms with van der Waals surface area (Å²) >= 11 is 0. The molecule has 1 aromatic carbocycles. The van der Waals surface area contributed by atoms with Crippen LogP contribution >= 0.6 is 0 Å². The van der Waals surface area contributed by atoms with Crippen molar-refractivity contribution in [1.82, 2.24) is 9.21 Å². The van der Waals surface area contributed by atoms with Crippen molar-refractivity contribution in [2.75, 3.05) is 32.6 Å². The minimum Gasteiger partial charge on any atom is -0.392 e. The third-order valence-electron chi connectivity index (χ3n) is 3.55. The van der Waals surface area contributed by atoms with Crippen molar-refractivity contribution in [1.29, 1.82) is 0 Å². The summed E-state index contributed by atoms with van der Waals surface area (Å²) in [6.07, 6.45) is -0.196. The SMILES string of the molecule is CN(C)CC1CC(O)CN1S(=O)(=O)c1ccccc1NN. The molecule has 0 aliphatic carbocycles. The Labute approximate surface area is 125 Å². The summed E-state index contributed by atoms with van der Waals surface area (Å²) in [6.45, 7) is 0.675. The van der Waals surface area contributed by atoms with Gasteiger partial charge in [-0.25, -0.2) is 8.42 Å². The number of nitrogen functional groups attached to an aromatic ring is 1. The van der Waals surface area contributed by atoms with Gasteiger partial charge in [-0.1, -0.05) is 12.1 Å². The molecular weight excluding hydrogens is 292 g/mol. The molecule has 0 amide bonds. The molecule has 21 heavy (non-hydrogen) atoms. The molecule has 2 atom stereocenters. The molecule has 0 aromatic heterocycles. The number of aliphatic hydroxyl groups excluding tert-OH is 1. The number of anilines is 1. The van der Waals surface area contributed by atoms with E-state index in [0.717, 1.165) is 0 Å². The lowest BCUT2D eigenvalue weighted by atomic mass is 10.2. The molecule has 7 nitrogen and oxygen atoms in total. The lowest BCUT2D eigenvalue weighted by Crippen LogP contribution is -2.41. The Hall–Kier alpha value is -1.19. The van der Waals surface area contributed by atoms with E-state index >= 15 is 0 Å². The molecule has 0 spiro atoms. The number of hydrogen-bond acceptors (Lipinski definition) is 6. The van der Waals surface area contributed by atoms with Gasteiger partial charge in [-0.3, -0.25) is 5.84 Å². The first-order valence-corrected chi connectivity index (χ1v) is 8.20. The fourth-order valence-electron chi connectivity index (χ4n) is 2.68. The van der Waals surface area contributed by atoms with Crippen molar-refractivity contribution < 1.29 is 13.5 Å². The van der Waals surface area contributed by atoms with Crippen LogP contribution in [0.3, 0.4) is 0 Å². The van der Waals surface area contributed by atoms with Gasteiger partial charge in [0, 0.05) is 19.1 Å². The molecule has 1 saturated heterocycles. The van der Waals surface area contributed by atoms with Crippen LogP contribution < -0.4 is 11.3 Å². The Kier molecular flexibility index (Phi) is 4.84. The molecule has 1 fully saturated rings. The fourth-order valence-corrected chi connectivity index (χ4v) is 4.50. The molecule has 0 saturated carbocycles. The van der Waals surface area contributed by atoms with Crippen molar-refractivity contribution in [3.05, 3.63) is 24.3 Å². The van der Waals surface area contributed by atoms with Crippen LogP contribution in [0.25, 0.3) is 0 Å². The third-order valence-corrected chi connectivity index (χ3v) is 5.52. The molecule has 0 bridgehead atoms. The van der Waals surface area contributed by atoms with Crippen LogP contribution in [0.15, 0.2) is 29.2 Å². The zero-order chi connectivity index (χ0) is 15.6. The summed E-state index contributed by atoms with van der Waals surface area (Å²) in [5, 5.41) is 9.85. The number of β-amino-alcohol motifs (C(OH)–C–C–N with tert-alkyl or cyclic N) is 1. The molecule has 2 rings (SSSR count). The Morgan fingerprint density at radius 3 is 2.71 bits per heavy atom. The summed E-state index contributed by atoms with van der Waals surface area (Å²) in [7, 11) is 0.0547. The van der Waals surface area contributed by atoms with Crippen LogP contribution in [0.2, 0.25) is 0 Å². The van der Waals surface area contributed by atoms with Gasteiger partial charge in [-0.15, -0.1) is 0 Å². The molecular formula is C13H22N4O3S. The van der Waals surface area contributed by atoms with Crippen LogP contribution in [-0.4, -0.2) is 62.1 Å². The number of nitrogens with two attached hydrogens (primary N) is 1. The maximum atomic E-state index is 12.9. The molecule has 1 heterocycles. The number of para-hydroxylation sites is 1. The standard InChI is InChI=1S/C13H22N4O3S/c1-16(2)8-10-7-11(18)9-17(10)21(19,20)13-6-4-3-5-12(13)15-14/h3-6,10-11,15,18H,7-9,14H2,1-2H3. The van der Waals surface area contributed by atoms with Gasteiger partial charge in [0.25, 0.3) is 0 Å². The quantitative estimate of drug-likeness (QED) is 0.508. The van der Waals surface area contributed by atoms with E-state index in [0.29, 0.717) is 18.7 Å². The molecule has 0 radical (unpaired) electrons. The number of benzene rings is 1. The average molecular weight is 314 g/mol. The van der Waals surface area contributed by atoms with Gasteiger partial charge in [0.15, 0.2) is 0 Å². The van der Waals surface area contributed by atoms with Crippen LogP contribution in [0, 0.1) is 0 Å². The van der Waals surface area contributed by atoms with Crippen molar-refractivity contribution in [2.24, 2.45) is 5.84 Å². The predicted octanol–water partition coefficient (Wildman–Crippen LogP) is -0.342. The van der Waals surface area contributed by atoms with Crippen molar-refractivity contribution in [2.45, 2.75) is 23.5 Å². The van der Waals surface area contributed by atoms with Gasteiger partial charge < -0.3 is 15.4 Å². The number of hydrogen-bond donors (Lipinski definition) is 3. The number of likely N-dealkylation sites (N-methyl/N-ethyl adjacent to an activating group) is 1. The number of sulfonamides is 1. The molecule has 4 N–H and O–H groups in total. The topological polar surface area (TPSA) is 98.9 Å². The first-order chi connectivity index (χ1) is 9.86. The van der Waals surface area contributed by atoms with E-state index in [-0.39, 0.29) is 17.5 Å². The second kappa shape index (κ2) is 6.29. The first kappa shape index (κ1) is 16.2. The molecule has 118 valence electrons. The van der Waals surface area contributed by atoms with E-state index in [1.807, 2.05) is 19.0 Å². The lowest BCUT2D eigenvalue weighted by molar-refractivity contribution is 0.188. The third kappa shape index (κ3) is 3.35. The highest BCUT2D eigenvalue weighted by atomic mass is 32.2. The smallest absolute Gasteiger partial charge is 0.245 e. The van der Waals surface area contributed by atoms with Crippen molar-refractivity contribution in [3.8, 4) is 0 Å². The zero-order valence-electron chi connectivity index (χ0n) is 12.2. The van der Waals surface area contributed by atoms with Gasteiger partial charge in [0.2, 0.25) is 10.0 Å². The largest absolute Gasteiger partial charge is 0.392 e. The second-order valence-electron chi connectivity index (χ2n) is 5.52. The average Bonchev–Trinajstić information content (AvgIpc) is 2.79. The van der Waals surface area contributed by atoms with E-state index < -0.39 is 16.1 Å². The fraction of sp³-hybridized carbons (Fsp3) is 0.538. The summed E-state index contributed by atoms with van der Waals surface area (Å²) in [5.41, 5.74) is 2.76. The Morgan fingerprint density at radius 1 is 1.43 bits per heavy atom. The normalized spacial score (nSPS) is 23.7. The maximum absolute atomic E-state index is 12.9. The number of rotatable bonds is 5. The highest BCUT2D eigenvalue weighted by Crippen LogP contribution is 2.30. The summed E-state index contributed by atoms with van der Waals surface area (Å²) in [6, 6.07) is 6.25. The van der Waals surface area contributed by atoms with E-state index in [2.05, 4.69) is 5.43 Å². The number of nitrogens with one attached hydrogen (secondary N) is 1. The van der Waals surface area contributed by atoms with Crippen LogP contribution in [0.1, 0.15) is 6.42 Å². The monoisotopic (exact) mass is 314 g/mol. The van der Waals surface area contributed by atoms with E-state index in [1.54, 1.807) is 18.2 Å². The zero-order valence-corrected chi connectivity index (χ0v) is 13.0. The number of aliphatic hydroxyl groups is 1. The van der Waals surface area contributed by atoms with Gasteiger partial charge in [0.05, 0.1) is 11.8 Å². The van der Waals surface area contributed by atoms with Crippen LogP contribution in [0.5, 0.6) is 0 Å². The minimum atomic E-state index is -3.70. The Morgan fingerprint density at radius 2 is 2.10 bits per heavy atom. The van der Waals surface area contributed by atoms with Crippen molar-refractivity contribution in [3.63, 3.8) is 0 Å². The molecule has 2 unspecified atom stereocenters. The van der Waals surface area contributed by atoms with Crippen molar-refractivity contribution >= 4 is 15.7 Å². The molecule has 1 aromatic rings. The Bertz CT molecular complexity index is 591. The van der Waals surface area contributed by atoms with Gasteiger partial charge >= 0.3 is 0 Å². The maximum Gasteiger partial charge on any atom is 0.245 e. The summed E-state index contributed by atoms with van der Waals surface area (Å²) < 4.78 is 27.1. The Balaban J connectivity index is 2.37. The number of hydrazine groups is 1. The van der Waals surface area contributed by atoms with E-state index in [1.165, 1.54) is 10.4 Å². The van der Waals surface area contributed by atoms with E-state index in [4.69, 9.17) is 5.84 Å². The molecule has 1 aliphatic heterocycles. The van der Waals surface area contributed by atoms with Gasteiger partial charge in [-0.2, -0.15) is 4.31 Å². The van der Waals surface area contributed by atoms with Gasteiger partial charge in [-0.05, 0) is 32.6 Å². The second-order valence-corrected chi connectivity index (χ2v) is 7.38. The highest BCUT2D eigenvalue weighted by molar-refractivity contribution is 7.89. The number of nitrogens with zero attached hydrogens (tertiary/aromatic N) is 2. The molecule has 1 aliphatic rings. The van der Waals surface area contributed by atoms with Crippen LogP contribution in [0.4, 0.5) is 5.69 Å². The predicted molar refractivity (Wildman–Crippen MR) is 81.1 cm³/mol. The highest BCUT2D eigenvalue weighted by Gasteiger charge is 2.40. The lowest BCUT2D eigenvalue weighted by Gasteiger charge is -2.26. The van der Waals surface area contributed by atoms with E-state index in [9.17, 15) is 13.5 Å². The molecule has 8 heteroatoms. The minimum absolute atomic E-state index is 0.111. The van der Waals surface area contributed by atoms with Gasteiger partial charge in [0.1, 0.15) is 4.90 Å². The summed E-state index contributed by atoms with van der Waals surface area (Å²) in [5.74, 6) is 5.40.